The highest BCUT2D eigenvalue weighted by atomic mass is 32.2. The zero-order valence-corrected chi connectivity index (χ0v) is 17.4. The molecule has 1 N–H and O–H groups in total. The standard InChI is InChI=1S/C20H23N3O6S/c1-29-19-10-9-17(30(27,28)22-11-4-2-3-5-12-22)14-18(19)21-20(24)15-7-6-8-16(13-15)23(25)26/h6-10,13-14H,2-5,11-12H2,1H3,(H,21,24). The summed E-state index contributed by atoms with van der Waals surface area (Å²) >= 11 is 0. The number of non-ortho nitro benzene ring substituents is 1. The summed E-state index contributed by atoms with van der Waals surface area (Å²) in [7, 11) is -2.31. The smallest absolute Gasteiger partial charge is 0.270 e. The van der Waals surface area contributed by atoms with Gasteiger partial charge in [0, 0.05) is 30.8 Å². The van der Waals surface area contributed by atoms with Gasteiger partial charge in [0.15, 0.2) is 0 Å². The molecular formula is C20H23N3O6S. The average Bonchev–Trinajstić information content (AvgIpc) is 3.04. The Labute approximate surface area is 174 Å². The van der Waals surface area contributed by atoms with Crippen molar-refractivity contribution in [3.8, 4) is 5.75 Å². The number of nitro benzene ring substituents is 1. The predicted molar refractivity (Wildman–Crippen MR) is 111 cm³/mol. The average molecular weight is 433 g/mol. The van der Waals surface area contributed by atoms with Crippen LogP contribution in [0.2, 0.25) is 0 Å². The van der Waals surface area contributed by atoms with Gasteiger partial charge in [-0.2, -0.15) is 4.31 Å². The number of methoxy groups -OCH3 is 1. The lowest BCUT2D eigenvalue weighted by molar-refractivity contribution is -0.384. The molecule has 0 unspecified atom stereocenters. The third kappa shape index (κ3) is 4.77. The number of nitrogens with zero attached hydrogens (tertiary/aromatic N) is 2. The van der Waals surface area contributed by atoms with Crippen LogP contribution in [-0.4, -0.2) is 43.8 Å². The van der Waals surface area contributed by atoms with Crippen molar-refractivity contribution in [1.29, 1.82) is 0 Å². The molecule has 30 heavy (non-hydrogen) atoms. The molecule has 1 aliphatic heterocycles. The van der Waals surface area contributed by atoms with Gasteiger partial charge in [0.05, 0.1) is 22.6 Å². The van der Waals surface area contributed by atoms with Crippen molar-refractivity contribution in [3.63, 3.8) is 0 Å². The van der Waals surface area contributed by atoms with Crippen molar-refractivity contribution in [2.45, 2.75) is 30.6 Å². The van der Waals surface area contributed by atoms with Gasteiger partial charge in [-0.05, 0) is 37.1 Å². The molecule has 1 aliphatic rings. The van der Waals surface area contributed by atoms with Gasteiger partial charge in [0.1, 0.15) is 5.75 Å². The molecular weight excluding hydrogens is 410 g/mol. The Morgan fingerprint density at radius 2 is 1.80 bits per heavy atom. The Kier molecular flexibility index (Phi) is 6.68. The highest BCUT2D eigenvalue weighted by Crippen LogP contribution is 2.30. The van der Waals surface area contributed by atoms with Gasteiger partial charge in [-0.3, -0.25) is 14.9 Å². The maximum Gasteiger partial charge on any atom is 0.270 e. The third-order valence-electron chi connectivity index (χ3n) is 4.94. The number of sulfonamides is 1. The van der Waals surface area contributed by atoms with E-state index in [0.29, 0.717) is 13.1 Å². The fraction of sp³-hybridized carbons (Fsp3) is 0.350. The molecule has 0 radical (unpaired) electrons. The maximum atomic E-state index is 13.1. The van der Waals surface area contributed by atoms with Gasteiger partial charge >= 0.3 is 0 Å². The highest BCUT2D eigenvalue weighted by Gasteiger charge is 2.26. The summed E-state index contributed by atoms with van der Waals surface area (Å²) in [4.78, 5) is 23.0. The van der Waals surface area contributed by atoms with Crippen LogP contribution < -0.4 is 10.1 Å². The van der Waals surface area contributed by atoms with E-state index >= 15 is 0 Å². The van der Waals surface area contributed by atoms with E-state index in [4.69, 9.17) is 4.74 Å². The number of carbonyl (C=O) groups excluding carboxylic acids is 1. The van der Waals surface area contributed by atoms with Crippen molar-refractivity contribution in [2.24, 2.45) is 0 Å². The van der Waals surface area contributed by atoms with E-state index in [-0.39, 0.29) is 27.6 Å². The molecule has 10 heteroatoms. The summed E-state index contributed by atoms with van der Waals surface area (Å²) in [6, 6.07) is 9.56. The molecule has 0 saturated carbocycles. The van der Waals surface area contributed by atoms with Crippen LogP contribution in [0, 0.1) is 10.1 Å². The number of nitro groups is 1. The summed E-state index contributed by atoms with van der Waals surface area (Å²) < 4.78 is 32.8. The Bertz CT molecular complexity index is 1050. The van der Waals surface area contributed by atoms with Crippen molar-refractivity contribution in [2.75, 3.05) is 25.5 Å². The molecule has 1 fully saturated rings. The molecule has 1 saturated heterocycles. The Morgan fingerprint density at radius 3 is 2.43 bits per heavy atom. The largest absolute Gasteiger partial charge is 0.495 e. The molecule has 0 aliphatic carbocycles. The van der Waals surface area contributed by atoms with E-state index in [2.05, 4.69) is 5.32 Å². The molecule has 2 aromatic carbocycles. The zero-order valence-electron chi connectivity index (χ0n) is 16.5. The van der Waals surface area contributed by atoms with Crippen LogP contribution in [0.1, 0.15) is 36.0 Å². The molecule has 1 amide bonds. The zero-order chi connectivity index (χ0) is 21.7. The summed E-state index contributed by atoms with van der Waals surface area (Å²) in [5.41, 5.74) is 0.0315. The number of rotatable bonds is 6. The van der Waals surface area contributed by atoms with Crippen LogP contribution in [0.25, 0.3) is 0 Å². The first kappa shape index (κ1) is 21.7. The van der Waals surface area contributed by atoms with Crippen molar-refractivity contribution < 1.29 is 22.9 Å². The third-order valence-corrected chi connectivity index (χ3v) is 6.84. The normalized spacial score (nSPS) is 15.2. The van der Waals surface area contributed by atoms with Crippen molar-refractivity contribution >= 4 is 27.3 Å². The fourth-order valence-corrected chi connectivity index (χ4v) is 4.88. The number of hydrogen-bond acceptors (Lipinski definition) is 6. The topological polar surface area (TPSA) is 119 Å². The second-order valence-electron chi connectivity index (χ2n) is 6.94. The maximum absolute atomic E-state index is 13.1. The van der Waals surface area contributed by atoms with Crippen LogP contribution in [0.15, 0.2) is 47.4 Å². The number of ether oxygens (including phenoxy) is 1. The number of amides is 1. The summed E-state index contributed by atoms with van der Waals surface area (Å²) in [6.07, 6.45) is 3.62. The van der Waals surface area contributed by atoms with Gasteiger partial charge in [0.2, 0.25) is 10.0 Å². The number of anilines is 1. The molecule has 9 nitrogen and oxygen atoms in total. The molecule has 0 aromatic heterocycles. The summed E-state index contributed by atoms with van der Waals surface area (Å²) in [5.74, 6) is -0.329. The first-order chi connectivity index (χ1) is 14.3. The van der Waals surface area contributed by atoms with Gasteiger partial charge in [-0.1, -0.05) is 18.9 Å². The van der Waals surface area contributed by atoms with Crippen LogP contribution in [0.5, 0.6) is 5.75 Å². The lowest BCUT2D eigenvalue weighted by Crippen LogP contribution is -2.32. The molecule has 0 atom stereocenters. The lowest BCUT2D eigenvalue weighted by Gasteiger charge is -2.21. The van der Waals surface area contributed by atoms with E-state index in [9.17, 15) is 23.3 Å². The van der Waals surface area contributed by atoms with Gasteiger partial charge < -0.3 is 10.1 Å². The van der Waals surface area contributed by atoms with Gasteiger partial charge in [-0.15, -0.1) is 0 Å². The van der Waals surface area contributed by atoms with E-state index in [1.807, 2.05) is 0 Å². The minimum absolute atomic E-state index is 0.0551. The van der Waals surface area contributed by atoms with E-state index in [1.165, 1.54) is 47.8 Å². The second kappa shape index (κ2) is 9.23. The van der Waals surface area contributed by atoms with Crippen LogP contribution >= 0.6 is 0 Å². The molecule has 160 valence electrons. The van der Waals surface area contributed by atoms with Crippen molar-refractivity contribution in [3.05, 3.63) is 58.1 Å². The van der Waals surface area contributed by atoms with E-state index in [0.717, 1.165) is 31.7 Å². The minimum Gasteiger partial charge on any atom is -0.495 e. The fourth-order valence-electron chi connectivity index (χ4n) is 3.33. The van der Waals surface area contributed by atoms with Crippen LogP contribution in [0.3, 0.4) is 0 Å². The molecule has 2 aromatic rings. The highest BCUT2D eigenvalue weighted by molar-refractivity contribution is 7.89. The monoisotopic (exact) mass is 433 g/mol. The first-order valence-electron chi connectivity index (χ1n) is 9.57. The molecule has 1 heterocycles. The minimum atomic E-state index is -3.71. The number of hydrogen-bond donors (Lipinski definition) is 1. The van der Waals surface area contributed by atoms with Gasteiger partial charge in [-0.25, -0.2) is 8.42 Å². The van der Waals surface area contributed by atoms with Crippen molar-refractivity contribution in [1.82, 2.24) is 4.31 Å². The van der Waals surface area contributed by atoms with E-state index < -0.39 is 20.9 Å². The summed E-state index contributed by atoms with van der Waals surface area (Å²) in [5, 5.41) is 13.5. The molecule has 0 bridgehead atoms. The Morgan fingerprint density at radius 1 is 1.10 bits per heavy atom. The lowest BCUT2D eigenvalue weighted by atomic mass is 10.2. The van der Waals surface area contributed by atoms with E-state index in [1.54, 1.807) is 0 Å². The molecule has 0 spiro atoms. The first-order valence-corrected chi connectivity index (χ1v) is 11.0. The summed E-state index contributed by atoms with van der Waals surface area (Å²) in [6.45, 7) is 0.924. The van der Waals surface area contributed by atoms with Crippen LogP contribution in [-0.2, 0) is 10.0 Å². The second-order valence-corrected chi connectivity index (χ2v) is 8.88. The molecule has 3 rings (SSSR count). The number of carbonyl (C=O) groups is 1. The quantitative estimate of drug-likeness (QED) is 0.551. The van der Waals surface area contributed by atoms with Crippen LogP contribution in [0.4, 0.5) is 11.4 Å². The Hall–Kier alpha value is -2.98. The predicted octanol–water partition coefficient (Wildman–Crippen LogP) is 3.42. The SMILES string of the molecule is COc1ccc(S(=O)(=O)N2CCCCCC2)cc1NC(=O)c1cccc([N+](=O)[O-])c1. The Balaban J connectivity index is 1.90. The number of benzene rings is 2. The number of nitrogens with one attached hydrogen (secondary N) is 1. The van der Waals surface area contributed by atoms with Gasteiger partial charge in [0.25, 0.3) is 11.6 Å².